The molecule has 0 fully saturated rings. The molecule has 0 aliphatic heterocycles. The molecule has 3 rings (SSSR count). The van der Waals surface area contributed by atoms with Crippen LogP contribution in [0.1, 0.15) is 0 Å². The van der Waals surface area contributed by atoms with E-state index in [1.54, 1.807) is 0 Å². The third kappa shape index (κ3) is 2.12. The summed E-state index contributed by atoms with van der Waals surface area (Å²) in [7, 11) is 0. The van der Waals surface area contributed by atoms with Crippen molar-refractivity contribution in [3.63, 3.8) is 0 Å². The van der Waals surface area contributed by atoms with Crippen molar-refractivity contribution in [2.24, 2.45) is 0 Å². The van der Waals surface area contributed by atoms with Crippen LogP contribution in [0.25, 0.3) is 0 Å². The Kier molecular flexibility index (Phi) is 3.92. The molecule has 0 saturated heterocycles. The number of hydrogen-bond acceptors (Lipinski definition) is 0. The summed E-state index contributed by atoms with van der Waals surface area (Å²) < 4.78 is 0. The summed E-state index contributed by atoms with van der Waals surface area (Å²) in [6.07, 6.45) is 6.20. The summed E-state index contributed by atoms with van der Waals surface area (Å²) >= 11 is 4.11. The average molecular weight is 367 g/mol. The minimum atomic E-state index is -3.06. The average Bonchev–Trinajstić information content (AvgIpc) is 2.63. The van der Waals surface area contributed by atoms with Gasteiger partial charge in [-0.15, -0.1) is 0 Å². The van der Waals surface area contributed by atoms with Gasteiger partial charge in [0.05, 0.1) is 0 Å². The van der Waals surface area contributed by atoms with Crippen LogP contribution >= 0.6 is 20.8 Å². The van der Waals surface area contributed by atoms with E-state index in [1.165, 1.54) is 0 Å². The Morgan fingerprint density at radius 1 is 0.591 bits per heavy atom. The van der Waals surface area contributed by atoms with Crippen LogP contribution < -0.4 is 15.9 Å². The second-order valence-corrected chi connectivity index (χ2v) is 13.2. The first-order chi connectivity index (χ1) is 10.7. The Morgan fingerprint density at radius 3 is 1.09 bits per heavy atom. The van der Waals surface area contributed by atoms with Gasteiger partial charge in [0.15, 0.2) is 0 Å². The van der Waals surface area contributed by atoms with Crippen LogP contribution in [0, 0.1) is 12.1 Å². The first kappa shape index (κ1) is 15.0. The van der Waals surface area contributed by atoms with Gasteiger partial charge in [-0.25, -0.2) is 0 Å². The van der Waals surface area contributed by atoms with E-state index in [0.717, 1.165) is 15.9 Å². The van der Waals surface area contributed by atoms with E-state index in [-0.39, 0.29) is 0 Å². The topological polar surface area (TPSA) is 0 Å². The van der Waals surface area contributed by atoms with Crippen LogP contribution in [0.15, 0.2) is 91.0 Å². The molecule has 0 radical (unpaired) electrons. The fourth-order valence-electron chi connectivity index (χ4n) is 2.79. The van der Waals surface area contributed by atoms with Gasteiger partial charge in [0.25, 0.3) is 0 Å². The molecule has 0 nitrogen and oxygen atoms in total. The standard InChI is InChI=1S/C20H16BrP/c1-2-22(21,18-12-6-3-7-13-18,19-14-8-4-9-15-19)20-16-10-5-11-17-20/h1,3-17H. The van der Waals surface area contributed by atoms with E-state index < -0.39 is 5.31 Å². The van der Waals surface area contributed by atoms with Gasteiger partial charge in [0, 0.05) is 0 Å². The van der Waals surface area contributed by atoms with Gasteiger partial charge in [0.2, 0.25) is 0 Å². The molecule has 0 N–H and O–H groups in total. The van der Waals surface area contributed by atoms with Crippen molar-refractivity contribution >= 4 is 36.7 Å². The number of benzene rings is 3. The monoisotopic (exact) mass is 366 g/mol. The first-order valence-electron chi connectivity index (χ1n) is 7.08. The maximum atomic E-state index is 6.20. The molecule has 0 atom stereocenters. The van der Waals surface area contributed by atoms with Gasteiger partial charge in [-0.1, -0.05) is 0 Å². The zero-order chi connectivity index (χ0) is 15.5. The van der Waals surface area contributed by atoms with Crippen LogP contribution in [0.2, 0.25) is 0 Å². The maximum absolute atomic E-state index is 6.20. The van der Waals surface area contributed by atoms with Crippen molar-refractivity contribution in [3.8, 4) is 12.1 Å². The number of halogens is 1. The minimum absolute atomic E-state index is 1.15. The third-order valence-electron chi connectivity index (χ3n) is 3.97. The van der Waals surface area contributed by atoms with E-state index in [2.05, 4.69) is 57.5 Å². The van der Waals surface area contributed by atoms with E-state index in [9.17, 15) is 0 Å². The van der Waals surface area contributed by atoms with Crippen molar-refractivity contribution in [1.82, 2.24) is 0 Å². The zero-order valence-corrected chi connectivity index (χ0v) is 14.5. The molecule has 0 unspecified atom stereocenters. The Hall–Kier alpha value is -1.87. The van der Waals surface area contributed by atoms with Crippen molar-refractivity contribution in [2.75, 3.05) is 0 Å². The second-order valence-electron chi connectivity index (χ2n) is 5.14. The summed E-state index contributed by atoms with van der Waals surface area (Å²) in [4.78, 5) is 0. The molecule has 0 spiro atoms. The van der Waals surface area contributed by atoms with Gasteiger partial charge < -0.3 is 0 Å². The Bertz CT molecular complexity index is 705. The summed E-state index contributed by atoms with van der Waals surface area (Å²) in [6.45, 7) is 0. The fraction of sp³-hybridized carbons (Fsp3) is 0. The molecular weight excluding hydrogens is 351 g/mol. The van der Waals surface area contributed by atoms with Gasteiger partial charge in [-0.3, -0.25) is 0 Å². The molecule has 0 aromatic heterocycles. The number of hydrogen-bond donors (Lipinski definition) is 0. The molecule has 0 aliphatic rings. The number of rotatable bonds is 3. The Balaban J connectivity index is 2.45. The van der Waals surface area contributed by atoms with Crippen LogP contribution in [-0.2, 0) is 0 Å². The van der Waals surface area contributed by atoms with Crippen LogP contribution in [0.3, 0.4) is 0 Å². The summed E-state index contributed by atoms with van der Waals surface area (Å²) in [5, 5.41) is 0.380. The molecule has 2 heteroatoms. The predicted octanol–water partition coefficient (Wildman–Crippen LogP) is 4.42. The van der Waals surface area contributed by atoms with Crippen LogP contribution in [0.4, 0.5) is 0 Å². The van der Waals surface area contributed by atoms with E-state index in [0.29, 0.717) is 0 Å². The van der Waals surface area contributed by atoms with Gasteiger partial charge in [-0.2, -0.15) is 0 Å². The van der Waals surface area contributed by atoms with Crippen molar-refractivity contribution in [2.45, 2.75) is 0 Å². The summed E-state index contributed by atoms with van der Waals surface area (Å²) in [5.74, 6) is 0. The molecule has 0 heterocycles. The van der Waals surface area contributed by atoms with Gasteiger partial charge in [0.1, 0.15) is 0 Å². The first-order valence-corrected chi connectivity index (χ1v) is 11.3. The van der Waals surface area contributed by atoms with Crippen molar-refractivity contribution in [1.29, 1.82) is 0 Å². The molecule has 0 aliphatic carbocycles. The number of terminal acetylenes is 1. The van der Waals surface area contributed by atoms with Crippen molar-refractivity contribution in [3.05, 3.63) is 91.0 Å². The second kappa shape index (κ2) is 5.73. The summed E-state index contributed by atoms with van der Waals surface area (Å²) in [6, 6.07) is 31.0. The van der Waals surface area contributed by atoms with E-state index >= 15 is 0 Å². The molecule has 3 aromatic rings. The third-order valence-corrected chi connectivity index (χ3v) is 12.6. The van der Waals surface area contributed by atoms with Crippen LogP contribution in [0.5, 0.6) is 0 Å². The van der Waals surface area contributed by atoms with Gasteiger partial charge >= 0.3 is 140 Å². The SMILES string of the molecule is C#CP(Br)(c1ccccc1)(c1ccccc1)c1ccccc1. The molecule has 108 valence electrons. The molecule has 22 heavy (non-hydrogen) atoms. The molecule has 3 aromatic carbocycles. The molecule has 0 saturated carbocycles. The zero-order valence-electron chi connectivity index (χ0n) is 12.1. The molecule has 0 amide bonds. The van der Waals surface area contributed by atoms with Gasteiger partial charge in [-0.05, 0) is 0 Å². The van der Waals surface area contributed by atoms with Crippen LogP contribution in [-0.4, -0.2) is 0 Å². The molecular formula is C20H16BrP. The van der Waals surface area contributed by atoms with Crippen molar-refractivity contribution < 1.29 is 0 Å². The quantitative estimate of drug-likeness (QED) is 0.475. The molecule has 0 bridgehead atoms. The predicted molar refractivity (Wildman–Crippen MR) is 103 cm³/mol. The van der Waals surface area contributed by atoms with E-state index in [1.807, 2.05) is 54.6 Å². The summed E-state index contributed by atoms with van der Waals surface area (Å²) in [5.41, 5.74) is 3.19. The Morgan fingerprint density at radius 2 is 0.864 bits per heavy atom. The Labute approximate surface area is 139 Å². The fourth-order valence-corrected chi connectivity index (χ4v) is 8.46. The normalized spacial score (nSPS) is 12.8. The van der Waals surface area contributed by atoms with E-state index in [4.69, 9.17) is 6.42 Å².